The maximum Gasteiger partial charge on any atom is 0.108 e. The second-order valence-electron chi connectivity index (χ2n) is 4.11. The molecule has 0 fully saturated rings. The highest BCUT2D eigenvalue weighted by Gasteiger charge is 2.06. The maximum absolute atomic E-state index is 8.89. The highest BCUT2D eigenvalue weighted by atomic mass is 16.3. The minimum atomic E-state index is -0.0820. The molecular weight excluding hydrogens is 218 g/mol. The van der Waals surface area contributed by atoms with Gasteiger partial charge in [-0.3, -0.25) is 4.68 Å². The number of rotatable bonds is 5. The Bertz CT molecular complexity index is 476. The van der Waals surface area contributed by atoms with Gasteiger partial charge in [0.1, 0.15) is 5.69 Å². The van der Waals surface area contributed by atoms with Gasteiger partial charge in [0.2, 0.25) is 0 Å². The monoisotopic (exact) mass is 235 g/mol. The van der Waals surface area contributed by atoms with E-state index in [1.807, 2.05) is 16.9 Å². The van der Waals surface area contributed by atoms with Crippen LogP contribution in [0.3, 0.4) is 0 Å². The molecule has 0 amide bonds. The lowest BCUT2D eigenvalue weighted by Crippen LogP contribution is -2.06. The van der Waals surface area contributed by atoms with Crippen LogP contribution in [-0.2, 0) is 13.2 Å². The van der Waals surface area contributed by atoms with Crippen LogP contribution >= 0.6 is 0 Å². The van der Waals surface area contributed by atoms with E-state index in [1.54, 1.807) is 10.9 Å². The number of hydrogen-bond donors (Lipinski definition) is 1. The molecule has 2 heterocycles. The van der Waals surface area contributed by atoms with Crippen molar-refractivity contribution in [3.63, 3.8) is 0 Å². The van der Waals surface area contributed by atoms with E-state index in [0.717, 1.165) is 12.1 Å². The molecule has 92 valence electrons. The Hall–Kier alpha value is -1.69. The zero-order valence-corrected chi connectivity index (χ0v) is 10.1. The predicted molar refractivity (Wildman–Crippen MR) is 62.3 cm³/mol. The minimum absolute atomic E-state index is 0.0820. The van der Waals surface area contributed by atoms with Crippen molar-refractivity contribution in [3.8, 4) is 0 Å². The summed E-state index contributed by atoms with van der Waals surface area (Å²) in [4.78, 5) is 0. The molecule has 0 aromatic carbocycles. The van der Waals surface area contributed by atoms with E-state index in [-0.39, 0.29) is 6.61 Å². The average Bonchev–Trinajstić information content (AvgIpc) is 2.97. The van der Waals surface area contributed by atoms with E-state index in [1.165, 1.54) is 0 Å². The molecule has 0 aliphatic rings. The molecule has 6 nitrogen and oxygen atoms in total. The second-order valence-corrected chi connectivity index (χ2v) is 4.11. The summed E-state index contributed by atoms with van der Waals surface area (Å²) >= 11 is 0. The molecule has 0 aliphatic carbocycles. The standard InChI is InChI=1S/C11H17N5O/c1-3-9(2)16-5-4-10(13-16)6-15-7-11(8-17)12-14-15/h4-5,7,9,17H,3,6,8H2,1-2H3. The third-order valence-corrected chi connectivity index (χ3v) is 2.78. The van der Waals surface area contributed by atoms with Crippen molar-refractivity contribution in [3.05, 3.63) is 29.8 Å². The summed E-state index contributed by atoms with van der Waals surface area (Å²) < 4.78 is 3.63. The molecule has 0 aliphatic heterocycles. The first-order valence-corrected chi connectivity index (χ1v) is 5.76. The lowest BCUT2D eigenvalue weighted by atomic mass is 10.3. The molecular formula is C11H17N5O. The summed E-state index contributed by atoms with van der Waals surface area (Å²) in [7, 11) is 0. The van der Waals surface area contributed by atoms with Gasteiger partial charge >= 0.3 is 0 Å². The molecule has 0 bridgehead atoms. The van der Waals surface area contributed by atoms with E-state index in [4.69, 9.17) is 5.11 Å². The van der Waals surface area contributed by atoms with Crippen molar-refractivity contribution in [1.82, 2.24) is 24.8 Å². The van der Waals surface area contributed by atoms with E-state index >= 15 is 0 Å². The number of nitrogens with zero attached hydrogens (tertiary/aromatic N) is 5. The molecule has 0 radical (unpaired) electrons. The van der Waals surface area contributed by atoms with E-state index in [9.17, 15) is 0 Å². The van der Waals surface area contributed by atoms with Gasteiger partial charge in [-0.25, -0.2) is 4.68 Å². The molecule has 1 N–H and O–H groups in total. The van der Waals surface area contributed by atoms with E-state index in [0.29, 0.717) is 18.3 Å². The number of aliphatic hydroxyl groups excluding tert-OH is 1. The molecule has 1 unspecified atom stereocenters. The molecule has 2 aromatic rings. The highest BCUT2D eigenvalue weighted by Crippen LogP contribution is 2.09. The fourth-order valence-electron chi connectivity index (χ4n) is 1.55. The van der Waals surface area contributed by atoms with Gasteiger partial charge < -0.3 is 5.11 Å². The largest absolute Gasteiger partial charge is 0.390 e. The SMILES string of the molecule is CCC(C)n1ccc(Cn2cc(CO)nn2)n1. The van der Waals surface area contributed by atoms with Crippen molar-refractivity contribution >= 4 is 0 Å². The van der Waals surface area contributed by atoms with Crippen molar-refractivity contribution in [2.45, 2.75) is 39.5 Å². The van der Waals surface area contributed by atoms with Crippen molar-refractivity contribution in [2.75, 3.05) is 0 Å². The number of hydrogen-bond acceptors (Lipinski definition) is 4. The summed E-state index contributed by atoms with van der Waals surface area (Å²) in [6, 6.07) is 2.39. The van der Waals surface area contributed by atoms with Gasteiger partial charge in [-0.1, -0.05) is 12.1 Å². The first-order valence-electron chi connectivity index (χ1n) is 5.76. The third-order valence-electron chi connectivity index (χ3n) is 2.78. The summed E-state index contributed by atoms with van der Waals surface area (Å²) in [6.07, 6.45) is 4.76. The molecule has 6 heteroatoms. The molecule has 1 atom stereocenters. The van der Waals surface area contributed by atoms with E-state index in [2.05, 4.69) is 29.3 Å². The topological polar surface area (TPSA) is 68.8 Å². The lowest BCUT2D eigenvalue weighted by Gasteiger charge is -2.07. The molecule has 2 aromatic heterocycles. The van der Waals surface area contributed by atoms with Crippen molar-refractivity contribution < 1.29 is 5.11 Å². The Labute approximate surface area is 99.9 Å². The lowest BCUT2D eigenvalue weighted by molar-refractivity contribution is 0.276. The van der Waals surface area contributed by atoms with Gasteiger partial charge in [0.05, 0.1) is 25.0 Å². The quantitative estimate of drug-likeness (QED) is 0.839. The molecule has 2 rings (SSSR count). The minimum Gasteiger partial charge on any atom is -0.390 e. The van der Waals surface area contributed by atoms with E-state index < -0.39 is 0 Å². The second kappa shape index (κ2) is 5.09. The molecule has 17 heavy (non-hydrogen) atoms. The Morgan fingerprint density at radius 1 is 1.41 bits per heavy atom. The Balaban J connectivity index is 2.06. The third kappa shape index (κ3) is 2.71. The summed E-state index contributed by atoms with van der Waals surface area (Å²) in [5.74, 6) is 0. The predicted octanol–water partition coefficient (Wildman–Crippen LogP) is 0.986. The average molecular weight is 235 g/mol. The Morgan fingerprint density at radius 3 is 2.88 bits per heavy atom. The van der Waals surface area contributed by atoms with Gasteiger partial charge in [0, 0.05) is 12.2 Å². The van der Waals surface area contributed by atoms with Crippen LogP contribution in [0.1, 0.15) is 37.7 Å². The van der Waals surface area contributed by atoms with Crippen LogP contribution in [0.2, 0.25) is 0 Å². The van der Waals surface area contributed by atoms with Gasteiger partial charge in [-0.2, -0.15) is 5.10 Å². The highest BCUT2D eigenvalue weighted by molar-refractivity contribution is 5.01. The molecule has 0 saturated carbocycles. The summed E-state index contributed by atoms with van der Waals surface area (Å²) in [6.45, 7) is 4.77. The fraction of sp³-hybridized carbons (Fsp3) is 0.545. The fourth-order valence-corrected chi connectivity index (χ4v) is 1.55. The van der Waals surface area contributed by atoms with Crippen LogP contribution in [0.25, 0.3) is 0 Å². The van der Waals surface area contributed by atoms with Gasteiger partial charge in [-0.05, 0) is 19.4 Å². The molecule has 0 spiro atoms. The first-order chi connectivity index (χ1) is 8.22. The van der Waals surface area contributed by atoms with Gasteiger partial charge in [0.25, 0.3) is 0 Å². The van der Waals surface area contributed by atoms with Crippen LogP contribution in [0.4, 0.5) is 0 Å². The van der Waals surface area contributed by atoms with Gasteiger partial charge in [0.15, 0.2) is 0 Å². The van der Waals surface area contributed by atoms with Crippen LogP contribution in [-0.4, -0.2) is 29.9 Å². The van der Waals surface area contributed by atoms with Crippen LogP contribution in [0.15, 0.2) is 18.5 Å². The van der Waals surface area contributed by atoms with Crippen molar-refractivity contribution in [1.29, 1.82) is 0 Å². The number of aliphatic hydroxyl groups is 1. The molecule has 0 saturated heterocycles. The zero-order valence-electron chi connectivity index (χ0n) is 10.1. The van der Waals surface area contributed by atoms with Crippen LogP contribution < -0.4 is 0 Å². The summed E-state index contributed by atoms with van der Waals surface area (Å²) in [5.41, 5.74) is 1.52. The van der Waals surface area contributed by atoms with Gasteiger partial charge in [-0.15, -0.1) is 5.10 Å². The smallest absolute Gasteiger partial charge is 0.108 e. The maximum atomic E-state index is 8.89. The van der Waals surface area contributed by atoms with Crippen LogP contribution in [0.5, 0.6) is 0 Å². The summed E-state index contributed by atoms with van der Waals surface area (Å²) in [5, 5.41) is 21.1. The normalized spacial score (nSPS) is 12.9. The van der Waals surface area contributed by atoms with Crippen molar-refractivity contribution in [2.24, 2.45) is 0 Å². The zero-order chi connectivity index (χ0) is 12.3. The first kappa shape index (κ1) is 11.8. The Kier molecular flexibility index (Phi) is 3.53. The van der Waals surface area contributed by atoms with Crippen LogP contribution in [0, 0.1) is 0 Å². The Morgan fingerprint density at radius 2 is 2.24 bits per heavy atom. The number of aromatic nitrogens is 5.